The number of nitrogens with one attached hydrogen (secondary N) is 1. The van der Waals surface area contributed by atoms with Crippen LogP contribution in [0.15, 0.2) is 53.7 Å². The van der Waals surface area contributed by atoms with Crippen molar-refractivity contribution < 1.29 is 32.2 Å². The first-order chi connectivity index (χ1) is 17.9. The molecule has 1 aromatic heterocycles. The fourth-order valence-electron chi connectivity index (χ4n) is 5.91. The quantitative estimate of drug-likeness (QED) is 0.415. The van der Waals surface area contributed by atoms with E-state index in [0.29, 0.717) is 18.4 Å². The van der Waals surface area contributed by atoms with Gasteiger partial charge < -0.3 is 15.5 Å². The number of hydrogen-bond donors (Lipinski definition) is 3. The Morgan fingerprint density at radius 3 is 2.45 bits per heavy atom. The predicted octanol–water partition coefficient (Wildman–Crippen LogP) is 4.03. The molecule has 0 aliphatic heterocycles. The van der Waals surface area contributed by atoms with E-state index in [1.165, 1.54) is 35.1 Å². The van der Waals surface area contributed by atoms with E-state index in [1.54, 1.807) is 13.2 Å². The van der Waals surface area contributed by atoms with Gasteiger partial charge in [0.25, 0.3) is 5.91 Å². The Bertz CT molecular complexity index is 1500. The zero-order valence-electron chi connectivity index (χ0n) is 20.3. The van der Waals surface area contributed by atoms with Crippen LogP contribution in [-0.2, 0) is 16.9 Å². The number of aryl methyl sites for hydroxylation is 1. The third-order valence-corrected chi connectivity index (χ3v) is 10.5. The molecule has 2 bridgehead atoms. The fraction of sp³-hybridized carbons (Fsp3) is 0.385. The maximum Gasteiger partial charge on any atom is 0.255 e. The molecule has 2 aliphatic rings. The van der Waals surface area contributed by atoms with Crippen molar-refractivity contribution in [1.29, 1.82) is 0 Å². The summed E-state index contributed by atoms with van der Waals surface area (Å²) in [4.78, 5) is 12.5. The normalized spacial score (nSPS) is 25.8. The van der Waals surface area contributed by atoms with Gasteiger partial charge in [0.15, 0.2) is 21.5 Å². The van der Waals surface area contributed by atoms with Gasteiger partial charge in [-0.2, -0.15) is 5.10 Å². The minimum Gasteiger partial charge on any atom is -0.386 e. The first-order valence-corrected chi connectivity index (χ1v) is 14.0. The third kappa shape index (κ3) is 4.51. The Labute approximate surface area is 223 Å². The van der Waals surface area contributed by atoms with Crippen LogP contribution in [0.4, 0.5) is 14.5 Å². The molecule has 3 N–H and O–H groups in total. The summed E-state index contributed by atoms with van der Waals surface area (Å²) in [5.74, 6) is -3.85. The summed E-state index contributed by atoms with van der Waals surface area (Å²) in [6.07, 6.45) is 3.28. The number of hydrogen-bond acceptors (Lipinski definition) is 6. The first-order valence-electron chi connectivity index (χ1n) is 12.1. The average molecular weight is 566 g/mol. The topological polar surface area (TPSA) is 122 Å². The highest BCUT2D eigenvalue weighted by atomic mass is 35.5. The lowest BCUT2D eigenvalue weighted by Crippen LogP contribution is -2.52. The second kappa shape index (κ2) is 9.71. The van der Waals surface area contributed by atoms with E-state index in [1.807, 2.05) is 0 Å². The van der Waals surface area contributed by atoms with Crippen LogP contribution >= 0.6 is 11.6 Å². The number of benzene rings is 2. The van der Waals surface area contributed by atoms with Gasteiger partial charge in [-0.3, -0.25) is 9.48 Å². The Morgan fingerprint density at radius 2 is 1.84 bits per heavy atom. The standard InChI is InChI=1S/C26H26ClF2N3O5S/c1-32-13-15(12-30-32)24(33)26(35)16-3-4-17(26)10-19(9-16)38(36,37)23-8-14(2-6-20(23)27)25(34)31-18-5-7-21(28)22(29)11-18/h2,5-8,11-13,16-17,19,24,33,35H,3-4,9-10H2,1H3,(H,31,34)/t16-,17+,19-,24?,26-. The lowest BCUT2D eigenvalue weighted by molar-refractivity contribution is -0.144. The van der Waals surface area contributed by atoms with Crippen LogP contribution in [0.3, 0.4) is 0 Å². The van der Waals surface area contributed by atoms with E-state index in [2.05, 4.69) is 10.4 Å². The first kappa shape index (κ1) is 26.7. The highest BCUT2D eigenvalue weighted by Gasteiger charge is 2.59. The molecule has 2 fully saturated rings. The molecule has 8 nitrogen and oxygen atoms in total. The molecule has 0 spiro atoms. The molecule has 2 aromatic carbocycles. The van der Waals surface area contributed by atoms with Crippen LogP contribution in [-0.4, -0.2) is 45.2 Å². The Hall–Kier alpha value is -2.86. The number of aliphatic hydroxyl groups excluding tert-OH is 1. The number of sulfone groups is 1. The number of fused-ring (bicyclic) bond motifs is 2. The Kier molecular flexibility index (Phi) is 6.83. The second-order valence-electron chi connectivity index (χ2n) is 10.1. The molecule has 2 aliphatic carbocycles. The highest BCUT2D eigenvalue weighted by Crippen LogP contribution is 2.56. The van der Waals surface area contributed by atoms with Crippen LogP contribution in [0.2, 0.25) is 5.02 Å². The number of aromatic nitrogens is 2. The van der Waals surface area contributed by atoms with Gasteiger partial charge in [-0.05, 0) is 67.9 Å². The molecule has 0 radical (unpaired) electrons. The number of carbonyl (C=O) groups excluding carboxylic acids is 1. The number of anilines is 1. The van der Waals surface area contributed by atoms with Crippen LogP contribution in [0.1, 0.15) is 47.7 Å². The molecule has 12 heteroatoms. The largest absolute Gasteiger partial charge is 0.386 e. The monoisotopic (exact) mass is 565 g/mol. The highest BCUT2D eigenvalue weighted by molar-refractivity contribution is 7.92. The van der Waals surface area contributed by atoms with Gasteiger partial charge in [0.2, 0.25) is 0 Å². The molecule has 202 valence electrons. The van der Waals surface area contributed by atoms with Crippen molar-refractivity contribution in [1.82, 2.24) is 9.78 Å². The van der Waals surface area contributed by atoms with Gasteiger partial charge in [-0.25, -0.2) is 17.2 Å². The zero-order chi connectivity index (χ0) is 27.4. The summed E-state index contributed by atoms with van der Waals surface area (Å²) in [7, 11) is -2.32. The van der Waals surface area contributed by atoms with Crippen molar-refractivity contribution in [3.8, 4) is 0 Å². The number of halogens is 3. The zero-order valence-corrected chi connectivity index (χ0v) is 21.9. The van der Waals surface area contributed by atoms with Crippen molar-refractivity contribution in [3.05, 3.63) is 76.6 Å². The fourth-order valence-corrected chi connectivity index (χ4v) is 8.31. The summed E-state index contributed by atoms with van der Waals surface area (Å²) in [6, 6.07) is 6.67. The number of amides is 1. The summed E-state index contributed by atoms with van der Waals surface area (Å²) < 4.78 is 55.7. The second-order valence-corrected chi connectivity index (χ2v) is 12.7. The minimum atomic E-state index is -4.03. The van der Waals surface area contributed by atoms with Gasteiger partial charge in [-0.15, -0.1) is 0 Å². The van der Waals surface area contributed by atoms with Crippen molar-refractivity contribution in [2.45, 2.75) is 47.5 Å². The van der Waals surface area contributed by atoms with E-state index in [4.69, 9.17) is 11.6 Å². The molecule has 0 saturated heterocycles. The molecule has 5 rings (SSSR count). The predicted molar refractivity (Wildman–Crippen MR) is 135 cm³/mol. The SMILES string of the molecule is Cn1cc(C(O)[C@@]2(O)[C@@H]3CC[C@H]2C[C@H](S(=O)(=O)c2cc(C(=O)Nc4ccc(F)c(F)c4)ccc2Cl)C3)cn1. The summed E-state index contributed by atoms with van der Waals surface area (Å²) in [6.45, 7) is 0. The van der Waals surface area contributed by atoms with Gasteiger partial charge in [0.1, 0.15) is 11.7 Å². The van der Waals surface area contributed by atoms with E-state index in [9.17, 15) is 32.2 Å². The number of aliphatic hydroxyl groups is 2. The molecule has 3 aromatic rings. The molecule has 1 amide bonds. The average Bonchev–Trinajstić information content (AvgIpc) is 3.34. The molecule has 38 heavy (non-hydrogen) atoms. The van der Waals surface area contributed by atoms with Gasteiger partial charge in [0.05, 0.1) is 21.4 Å². The molecule has 1 unspecified atom stereocenters. The van der Waals surface area contributed by atoms with Crippen molar-refractivity contribution >= 4 is 33.0 Å². The van der Waals surface area contributed by atoms with E-state index >= 15 is 0 Å². The van der Waals surface area contributed by atoms with Crippen molar-refractivity contribution in [2.75, 3.05) is 5.32 Å². The van der Waals surface area contributed by atoms with Crippen LogP contribution < -0.4 is 5.32 Å². The lowest BCUT2D eigenvalue weighted by atomic mass is 9.70. The molecule has 2 saturated carbocycles. The maximum atomic E-state index is 13.7. The van der Waals surface area contributed by atoms with Crippen molar-refractivity contribution in [3.63, 3.8) is 0 Å². The summed E-state index contributed by atoms with van der Waals surface area (Å²) >= 11 is 6.28. The van der Waals surface area contributed by atoms with Gasteiger partial charge in [-0.1, -0.05) is 11.6 Å². The molecule has 5 atom stereocenters. The minimum absolute atomic E-state index is 0.00331. The van der Waals surface area contributed by atoms with Crippen molar-refractivity contribution in [2.24, 2.45) is 18.9 Å². The van der Waals surface area contributed by atoms with E-state index in [0.717, 1.165) is 12.1 Å². The van der Waals surface area contributed by atoms with Gasteiger partial charge in [0, 0.05) is 36.1 Å². The summed E-state index contributed by atoms with van der Waals surface area (Å²) in [5, 5.41) is 28.2. The molecular weight excluding hydrogens is 540 g/mol. The van der Waals surface area contributed by atoms with E-state index < -0.39 is 56.2 Å². The van der Waals surface area contributed by atoms with Crippen LogP contribution in [0.5, 0.6) is 0 Å². The summed E-state index contributed by atoms with van der Waals surface area (Å²) in [5.41, 5.74) is -1.04. The maximum absolute atomic E-state index is 13.7. The Morgan fingerprint density at radius 1 is 1.16 bits per heavy atom. The molecule has 1 heterocycles. The number of carbonyl (C=O) groups is 1. The van der Waals surface area contributed by atoms with Crippen LogP contribution in [0.25, 0.3) is 0 Å². The van der Waals surface area contributed by atoms with Gasteiger partial charge >= 0.3 is 0 Å². The number of rotatable bonds is 6. The Balaban J connectivity index is 1.38. The smallest absolute Gasteiger partial charge is 0.255 e. The number of nitrogens with zero attached hydrogens (tertiary/aromatic N) is 2. The van der Waals surface area contributed by atoms with Crippen LogP contribution in [0, 0.1) is 23.5 Å². The van der Waals surface area contributed by atoms with E-state index in [-0.39, 0.29) is 34.0 Å². The molecular formula is C26H26ClF2N3O5S. The third-order valence-electron chi connectivity index (χ3n) is 7.86. The lowest BCUT2D eigenvalue weighted by Gasteiger charge is -2.45.